The van der Waals surface area contributed by atoms with Crippen molar-refractivity contribution in [2.24, 2.45) is 5.92 Å². The first-order valence-corrected chi connectivity index (χ1v) is 8.57. The molecule has 1 unspecified atom stereocenters. The van der Waals surface area contributed by atoms with Gasteiger partial charge in [-0.3, -0.25) is 9.59 Å². The lowest BCUT2D eigenvalue weighted by molar-refractivity contribution is -0.144. The Morgan fingerprint density at radius 2 is 1.71 bits per heavy atom. The molecule has 1 aromatic rings. The molecule has 0 radical (unpaired) electrons. The third-order valence-corrected chi connectivity index (χ3v) is 4.71. The third kappa shape index (κ3) is 4.57. The van der Waals surface area contributed by atoms with Gasteiger partial charge >= 0.3 is 11.8 Å². The highest BCUT2D eigenvalue weighted by atomic mass is 16.3. The summed E-state index contributed by atoms with van der Waals surface area (Å²) in [6, 6.07) is 7.58. The van der Waals surface area contributed by atoms with Crippen molar-refractivity contribution in [1.82, 2.24) is 4.90 Å². The van der Waals surface area contributed by atoms with E-state index in [0.717, 1.165) is 12.8 Å². The van der Waals surface area contributed by atoms with Crippen LogP contribution in [0.2, 0.25) is 0 Å². The number of piperidine rings is 1. The van der Waals surface area contributed by atoms with E-state index in [2.05, 4.69) is 26.1 Å². The number of benzene rings is 1. The minimum absolute atomic E-state index is 0.0482. The fourth-order valence-corrected chi connectivity index (χ4v) is 2.97. The summed E-state index contributed by atoms with van der Waals surface area (Å²) < 4.78 is 0. The molecule has 0 spiro atoms. The maximum Gasteiger partial charge on any atom is 0.313 e. The van der Waals surface area contributed by atoms with Crippen LogP contribution in [0, 0.1) is 5.92 Å². The van der Waals surface area contributed by atoms with Crippen LogP contribution in [0.15, 0.2) is 24.3 Å². The molecule has 1 fully saturated rings. The van der Waals surface area contributed by atoms with Gasteiger partial charge in [0.2, 0.25) is 0 Å². The van der Waals surface area contributed by atoms with Gasteiger partial charge in [-0.2, -0.15) is 0 Å². The van der Waals surface area contributed by atoms with Crippen LogP contribution in [0.1, 0.15) is 46.1 Å². The summed E-state index contributed by atoms with van der Waals surface area (Å²) in [5, 5.41) is 12.3. The van der Waals surface area contributed by atoms with Gasteiger partial charge in [0.05, 0.1) is 6.10 Å². The number of likely N-dealkylation sites (tertiary alicyclic amines) is 1. The monoisotopic (exact) mass is 332 g/mol. The molecule has 1 heterocycles. The molecule has 1 saturated heterocycles. The van der Waals surface area contributed by atoms with Crippen LogP contribution >= 0.6 is 0 Å². The zero-order valence-corrected chi connectivity index (χ0v) is 15.0. The van der Waals surface area contributed by atoms with Gasteiger partial charge in [-0.15, -0.1) is 0 Å². The number of carbonyl (C=O) groups is 2. The Morgan fingerprint density at radius 3 is 2.17 bits per heavy atom. The van der Waals surface area contributed by atoms with Crippen molar-refractivity contribution in [3.8, 4) is 0 Å². The largest absolute Gasteiger partial charge is 0.393 e. The Kier molecular flexibility index (Phi) is 5.65. The summed E-state index contributed by atoms with van der Waals surface area (Å²) in [5.41, 5.74) is 1.85. The van der Waals surface area contributed by atoms with Gasteiger partial charge in [0.25, 0.3) is 0 Å². The number of carbonyl (C=O) groups excluding carboxylic acids is 2. The first-order chi connectivity index (χ1) is 11.2. The lowest BCUT2D eigenvalue weighted by Crippen LogP contribution is -2.45. The molecule has 0 aliphatic carbocycles. The normalized spacial score (nSPS) is 17.5. The van der Waals surface area contributed by atoms with Gasteiger partial charge in [0.15, 0.2) is 0 Å². The highest BCUT2D eigenvalue weighted by Gasteiger charge is 2.28. The van der Waals surface area contributed by atoms with Crippen LogP contribution in [0.3, 0.4) is 0 Å². The first kappa shape index (κ1) is 18.5. The number of anilines is 1. The van der Waals surface area contributed by atoms with Gasteiger partial charge in [-0.1, -0.05) is 32.9 Å². The topological polar surface area (TPSA) is 69.6 Å². The molecule has 132 valence electrons. The number of rotatable bonds is 2. The second-order valence-electron chi connectivity index (χ2n) is 7.65. The van der Waals surface area contributed by atoms with Crippen molar-refractivity contribution in [2.45, 2.75) is 52.1 Å². The molecule has 2 amide bonds. The molecule has 1 aromatic carbocycles. The van der Waals surface area contributed by atoms with Crippen LogP contribution in [0.25, 0.3) is 0 Å². The fourth-order valence-electron chi connectivity index (χ4n) is 2.97. The molecule has 1 aliphatic heterocycles. The van der Waals surface area contributed by atoms with E-state index in [1.165, 1.54) is 5.56 Å². The highest BCUT2D eigenvalue weighted by Crippen LogP contribution is 2.24. The fraction of sp³-hybridized carbons (Fsp3) is 0.579. The lowest BCUT2D eigenvalue weighted by Gasteiger charge is -2.32. The number of nitrogens with zero attached hydrogens (tertiary/aromatic N) is 1. The van der Waals surface area contributed by atoms with Crippen LogP contribution in [0.5, 0.6) is 0 Å². The van der Waals surface area contributed by atoms with Crippen LogP contribution in [0.4, 0.5) is 5.69 Å². The average molecular weight is 332 g/mol. The highest BCUT2D eigenvalue weighted by molar-refractivity contribution is 6.39. The second kappa shape index (κ2) is 7.34. The van der Waals surface area contributed by atoms with Crippen molar-refractivity contribution in [2.75, 3.05) is 18.4 Å². The lowest BCUT2D eigenvalue weighted by atomic mass is 9.87. The number of amides is 2. The van der Waals surface area contributed by atoms with Crippen molar-refractivity contribution in [3.63, 3.8) is 0 Å². The quantitative estimate of drug-likeness (QED) is 0.818. The van der Waals surface area contributed by atoms with E-state index in [4.69, 9.17) is 0 Å². The van der Waals surface area contributed by atoms with Crippen molar-refractivity contribution in [1.29, 1.82) is 0 Å². The van der Waals surface area contributed by atoms with E-state index in [-0.39, 0.29) is 17.4 Å². The molecule has 0 bridgehead atoms. The molecule has 1 atom stereocenters. The van der Waals surface area contributed by atoms with Crippen molar-refractivity contribution >= 4 is 17.5 Å². The summed E-state index contributed by atoms with van der Waals surface area (Å²) in [5.74, 6) is -0.894. The maximum absolute atomic E-state index is 12.3. The number of nitrogens with one attached hydrogen (secondary N) is 1. The van der Waals surface area contributed by atoms with E-state index in [9.17, 15) is 14.7 Å². The molecule has 0 aromatic heterocycles. The Balaban J connectivity index is 1.91. The standard InChI is InChI=1S/C19H28N2O3/c1-13(22)14-9-11-21(12-10-14)18(24)17(23)20-16-7-5-15(6-8-16)19(2,3)4/h5-8,13-14,22H,9-12H2,1-4H3,(H,20,23). The average Bonchev–Trinajstić information content (AvgIpc) is 2.54. The van der Waals surface area contributed by atoms with Gasteiger partial charge in [-0.05, 0) is 48.8 Å². The molecule has 2 rings (SSSR count). The zero-order valence-electron chi connectivity index (χ0n) is 15.0. The van der Waals surface area contributed by atoms with Gasteiger partial charge in [0, 0.05) is 18.8 Å². The summed E-state index contributed by atoms with van der Waals surface area (Å²) in [4.78, 5) is 26.0. The number of aliphatic hydroxyl groups excluding tert-OH is 1. The third-order valence-electron chi connectivity index (χ3n) is 4.71. The summed E-state index contributed by atoms with van der Waals surface area (Å²) in [6.45, 7) is 9.19. The molecule has 5 nitrogen and oxygen atoms in total. The summed E-state index contributed by atoms with van der Waals surface area (Å²) in [6.07, 6.45) is 1.10. The molecule has 5 heteroatoms. The zero-order chi connectivity index (χ0) is 17.9. The molecule has 0 saturated carbocycles. The van der Waals surface area contributed by atoms with E-state index in [0.29, 0.717) is 18.8 Å². The molecular formula is C19H28N2O3. The summed E-state index contributed by atoms with van der Waals surface area (Å²) >= 11 is 0. The predicted molar refractivity (Wildman–Crippen MR) is 94.8 cm³/mol. The smallest absolute Gasteiger partial charge is 0.313 e. The Hall–Kier alpha value is -1.88. The van der Waals surface area contributed by atoms with Crippen LogP contribution in [-0.2, 0) is 15.0 Å². The maximum atomic E-state index is 12.3. The molecular weight excluding hydrogens is 304 g/mol. The van der Waals surface area contributed by atoms with Crippen molar-refractivity contribution < 1.29 is 14.7 Å². The minimum atomic E-state index is -0.603. The number of hydrogen-bond acceptors (Lipinski definition) is 3. The Bertz CT molecular complexity index is 580. The Labute approximate surface area is 144 Å². The predicted octanol–water partition coefficient (Wildman–Crippen LogP) is 2.54. The SMILES string of the molecule is CC(O)C1CCN(C(=O)C(=O)Nc2ccc(C(C)(C)C)cc2)CC1. The summed E-state index contributed by atoms with van der Waals surface area (Å²) in [7, 11) is 0. The minimum Gasteiger partial charge on any atom is -0.393 e. The molecule has 2 N–H and O–H groups in total. The van der Waals surface area contributed by atoms with Gasteiger partial charge in [-0.25, -0.2) is 0 Å². The Morgan fingerprint density at radius 1 is 1.17 bits per heavy atom. The van der Waals surface area contributed by atoms with Crippen molar-refractivity contribution in [3.05, 3.63) is 29.8 Å². The van der Waals surface area contributed by atoms with Gasteiger partial charge < -0.3 is 15.3 Å². The molecule has 1 aliphatic rings. The van der Waals surface area contributed by atoms with E-state index >= 15 is 0 Å². The van der Waals surface area contributed by atoms with Crippen LogP contribution < -0.4 is 5.32 Å². The van der Waals surface area contributed by atoms with Crippen LogP contribution in [-0.4, -0.2) is 41.0 Å². The van der Waals surface area contributed by atoms with E-state index in [1.807, 2.05) is 24.3 Å². The number of hydrogen-bond donors (Lipinski definition) is 2. The van der Waals surface area contributed by atoms with Gasteiger partial charge in [0.1, 0.15) is 0 Å². The number of aliphatic hydroxyl groups is 1. The second-order valence-corrected chi connectivity index (χ2v) is 7.65. The molecule has 24 heavy (non-hydrogen) atoms. The van der Waals surface area contributed by atoms with E-state index < -0.39 is 11.8 Å². The first-order valence-electron chi connectivity index (χ1n) is 8.57. The van der Waals surface area contributed by atoms with E-state index in [1.54, 1.807) is 11.8 Å².